The summed E-state index contributed by atoms with van der Waals surface area (Å²) < 4.78 is 5.38. The van der Waals surface area contributed by atoms with Gasteiger partial charge in [0.25, 0.3) is 5.91 Å². The van der Waals surface area contributed by atoms with E-state index >= 15 is 0 Å². The summed E-state index contributed by atoms with van der Waals surface area (Å²) in [6.07, 6.45) is 2.28. The maximum absolute atomic E-state index is 12.4. The standard InChI is InChI=1S/C15H20ClNO2/c1-3-19-14-7-6-12(9-13(14)16)15(18)17-8-4-5-11(2)10-17/h6-7,9,11H,3-5,8,10H2,1-2H3. The van der Waals surface area contributed by atoms with Gasteiger partial charge in [0.2, 0.25) is 0 Å². The van der Waals surface area contributed by atoms with E-state index in [1.54, 1.807) is 18.2 Å². The molecule has 19 heavy (non-hydrogen) atoms. The van der Waals surface area contributed by atoms with Crippen LogP contribution in [0.2, 0.25) is 5.02 Å². The minimum absolute atomic E-state index is 0.0662. The highest BCUT2D eigenvalue weighted by Crippen LogP contribution is 2.27. The van der Waals surface area contributed by atoms with E-state index in [1.807, 2.05) is 11.8 Å². The molecule has 0 aromatic heterocycles. The van der Waals surface area contributed by atoms with Crippen molar-refractivity contribution >= 4 is 17.5 Å². The molecule has 4 heteroatoms. The fourth-order valence-electron chi connectivity index (χ4n) is 2.46. The van der Waals surface area contributed by atoms with E-state index in [0.717, 1.165) is 19.5 Å². The molecule has 1 aromatic carbocycles. The maximum Gasteiger partial charge on any atom is 0.253 e. The van der Waals surface area contributed by atoms with Crippen LogP contribution in [0.1, 0.15) is 37.0 Å². The van der Waals surface area contributed by atoms with Gasteiger partial charge in [0.15, 0.2) is 0 Å². The number of hydrogen-bond donors (Lipinski definition) is 0. The Kier molecular flexibility index (Phi) is 4.70. The van der Waals surface area contributed by atoms with Crippen LogP contribution in [0.5, 0.6) is 5.75 Å². The Labute approximate surface area is 119 Å². The van der Waals surface area contributed by atoms with E-state index in [1.165, 1.54) is 6.42 Å². The zero-order valence-electron chi connectivity index (χ0n) is 11.5. The van der Waals surface area contributed by atoms with Crippen LogP contribution >= 0.6 is 11.6 Å². The second kappa shape index (κ2) is 6.29. The van der Waals surface area contributed by atoms with Gasteiger partial charge < -0.3 is 9.64 Å². The summed E-state index contributed by atoms with van der Waals surface area (Å²) in [6, 6.07) is 5.26. The van der Waals surface area contributed by atoms with Crippen LogP contribution in [0.3, 0.4) is 0 Å². The van der Waals surface area contributed by atoms with Gasteiger partial charge in [0, 0.05) is 18.7 Å². The van der Waals surface area contributed by atoms with Gasteiger partial charge in [-0.2, -0.15) is 0 Å². The number of hydrogen-bond acceptors (Lipinski definition) is 2. The van der Waals surface area contributed by atoms with Crippen LogP contribution in [-0.2, 0) is 0 Å². The lowest BCUT2D eigenvalue weighted by Crippen LogP contribution is -2.39. The third kappa shape index (κ3) is 3.41. The average molecular weight is 282 g/mol. The molecule has 1 atom stereocenters. The molecule has 1 aliphatic rings. The second-order valence-electron chi connectivity index (χ2n) is 5.08. The number of benzene rings is 1. The normalized spacial score (nSPS) is 19.3. The first-order valence-corrected chi connectivity index (χ1v) is 7.21. The zero-order chi connectivity index (χ0) is 13.8. The Morgan fingerprint density at radius 3 is 2.95 bits per heavy atom. The van der Waals surface area contributed by atoms with Crippen molar-refractivity contribution in [3.63, 3.8) is 0 Å². The van der Waals surface area contributed by atoms with Crippen LogP contribution in [0.25, 0.3) is 0 Å². The summed E-state index contributed by atoms with van der Waals surface area (Å²) in [5, 5.41) is 0.498. The van der Waals surface area contributed by atoms with Crippen LogP contribution in [0.15, 0.2) is 18.2 Å². The average Bonchev–Trinajstić information content (AvgIpc) is 2.40. The highest BCUT2D eigenvalue weighted by Gasteiger charge is 2.22. The molecule has 1 heterocycles. The lowest BCUT2D eigenvalue weighted by Gasteiger charge is -2.31. The summed E-state index contributed by atoms with van der Waals surface area (Å²) in [5.74, 6) is 1.28. The molecule has 1 saturated heterocycles. The molecule has 1 unspecified atom stereocenters. The zero-order valence-corrected chi connectivity index (χ0v) is 12.2. The monoisotopic (exact) mass is 281 g/mol. The molecule has 0 radical (unpaired) electrons. The second-order valence-corrected chi connectivity index (χ2v) is 5.48. The van der Waals surface area contributed by atoms with Crippen molar-refractivity contribution in [3.8, 4) is 5.75 Å². The fourth-order valence-corrected chi connectivity index (χ4v) is 2.70. The SMILES string of the molecule is CCOc1ccc(C(=O)N2CCCC(C)C2)cc1Cl. The molecule has 0 bridgehead atoms. The van der Waals surface area contributed by atoms with Crippen molar-refractivity contribution in [3.05, 3.63) is 28.8 Å². The number of piperidine rings is 1. The smallest absolute Gasteiger partial charge is 0.253 e. The molecule has 1 amide bonds. The van der Waals surface area contributed by atoms with Gasteiger partial charge in [-0.1, -0.05) is 18.5 Å². The van der Waals surface area contributed by atoms with Crippen LogP contribution in [0, 0.1) is 5.92 Å². The van der Waals surface area contributed by atoms with Gasteiger partial charge in [-0.25, -0.2) is 0 Å². The number of likely N-dealkylation sites (tertiary alicyclic amines) is 1. The molecule has 1 fully saturated rings. The van der Waals surface area contributed by atoms with Crippen molar-refractivity contribution in [1.82, 2.24) is 4.90 Å². The summed E-state index contributed by atoms with van der Waals surface area (Å²) >= 11 is 6.12. The third-order valence-electron chi connectivity index (χ3n) is 3.42. The summed E-state index contributed by atoms with van der Waals surface area (Å²) in [5.41, 5.74) is 0.641. The molecule has 1 aliphatic heterocycles. The fraction of sp³-hybridized carbons (Fsp3) is 0.533. The van der Waals surface area contributed by atoms with Gasteiger partial charge in [0.05, 0.1) is 11.6 Å². The molecule has 3 nitrogen and oxygen atoms in total. The lowest BCUT2D eigenvalue weighted by molar-refractivity contribution is 0.0683. The molecule has 0 spiro atoms. The molecule has 104 valence electrons. The molecular weight excluding hydrogens is 262 g/mol. The van der Waals surface area contributed by atoms with Crippen LogP contribution in [-0.4, -0.2) is 30.5 Å². The number of carbonyl (C=O) groups is 1. The summed E-state index contributed by atoms with van der Waals surface area (Å²) in [6.45, 7) is 6.34. The molecule has 0 saturated carbocycles. The topological polar surface area (TPSA) is 29.5 Å². The quantitative estimate of drug-likeness (QED) is 0.847. The van der Waals surface area contributed by atoms with Crippen molar-refractivity contribution in [2.24, 2.45) is 5.92 Å². The minimum atomic E-state index is 0.0662. The molecule has 2 rings (SSSR count). The number of rotatable bonds is 3. The van der Waals surface area contributed by atoms with Crippen molar-refractivity contribution in [2.75, 3.05) is 19.7 Å². The largest absolute Gasteiger partial charge is 0.492 e. The number of amides is 1. The Morgan fingerprint density at radius 2 is 2.32 bits per heavy atom. The van der Waals surface area contributed by atoms with Crippen molar-refractivity contribution in [2.45, 2.75) is 26.7 Å². The number of halogens is 1. The van der Waals surface area contributed by atoms with Crippen LogP contribution < -0.4 is 4.74 Å². The van der Waals surface area contributed by atoms with E-state index in [2.05, 4.69) is 6.92 Å². The van der Waals surface area contributed by atoms with Gasteiger partial charge in [-0.05, 0) is 43.9 Å². The first-order chi connectivity index (χ1) is 9.11. The number of carbonyl (C=O) groups excluding carboxylic acids is 1. The van der Waals surface area contributed by atoms with Crippen molar-refractivity contribution < 1.29 is 9.53 Å². The first-order valence-electron chi connectivity index (χ1n) is 6.83. The number of ether oxygens (including phenoxy) is 1. The lowest BCUT2D eigenvalue weighted by atomic mass is 9.99. The number of nitrogens with zero attached hydrogens (tertiary/aromatic N) is 1. The predicted octanol–water partition coefficient (Wildman–Crippen LogP) is 3.61. The van der Waals surface area contributed by atoms with E-state index < -0.39 is 0 Å². The van der Waals surface area contributed by atoms with E-state index in [4.69, 9.17) is 16.3 Å². The predicted molar refractivity (Wildman–Crippen MR) is 76.9 cm³/mol. The summed E-state index contributed by atoms with van der Waals surface area (Å²) in [4.78, 5) is 14.3. The Bertz CT molecular complexity index is 461. The van der Waals surface area contributed by atoms with Crippen molar-refractivity contribution in [1.29, 1.82) is 0 Å². The minimum Gasteiger partial charge on any atom is -0.492 e. The Morgan fingerprint density at radius 1 is 1.53 bits per heavy atom. The van der Waals surface area contributed by atoms with Gasteiger partial charge in [-0.15, -0.1) is 0 Å². The highest BCUT2D eigenvalue weighted by molar-refractivity contribution is 6.32. The van der Waals surface area contributed by atoms with Gasteiger partial charge >= 0.3 is 0 Å². The van der Waals surface area contributed by atoms with Gasteiger partial charge in [0.1, 0.15) is 5.75 Å². The van der Waals surface area contributed by atoms with E-state index in [9.17, 15) is 4.79 Å². The van der Waals surface area contributed by atoms with Gasteiger partial charge in [-0.3, -0.25) is 4.79 Å². The molecule has 0 aliphatic carbocycles. The molecular formula is C15H20ClNO2. The maximum atomic E-state index is 12.4. The highest BCUT2D eigenvalue weighted by atomic mass is 35.5. The van der Waals surface area contributed by atoms with Crippen LogP contribution in [0.4, 0.5) is 0 Å². The summed E-state index contributed by atoms with van der Waals surface area (Å²) in [7, 11) is 0. The Hall–Kier alpha value is -1.22. The molecule has 1 aromatic rings. The third-order valence-corrected chi connectivity index (χ3v) is 3.72. The molecule has 0 N–H and O–H groups in total. The first kappa shape index (κ1) is 14.2. The van der Waals surface area contributed by atoms with E-state index in [-0.39, 0.29) is 5.91 Å². The van der Waals surface area contributed by atoms with E-state index in [0.29, 0.717) is 28.9 Å². The Balaban J connectivity index is 2.12.